The van der Waals surface area contributed by atoms with Gasteiger partial charge in [0.05, 0.1) is 0 Å². The number of benzene rings is 3. The second kappa shape index (κ2) is 7.67. The van der Waals surface area contributed by atoms with Crippen LogP contribution in [0.1, 0.15) is 28.4 Å². The summed E-state index contributed by atoms with van der Waals surface area (Å²) in [6.45, 7) is 2.59. The first-order chi connectivity index (χ1) is 15.0. The fraction of sp³-hybridized carbons (Fsp3) is 0.160. The molecule has 3 aromatic carbocycles. The lowest BCUT2D eigenvalue weighted by atomic mass is 9.92. The van der Waals surface area contributed by atoms with Crippen molar-refractivity contribution >= 4 is 34.3 Å². The molecule has 5 rings (SSSR count). The fourth-order valence-corrected chi connectivity index (χ4v) is 4.39. The fourth-order valence-electron chi connectivity index (χ4n) is 4.26. The van der Waals surface area contributed by atoms with Gasteiger partial charge in [0.2, 0.25) is 0 Å². The van der Waals surface area contributed by atoms with E-state index in [0.717, 1.165) is 34.3 Å². The molecule has 0 aliphatic carbocycles. The Kier molecular flexibility index (Phi) is 4.83. The van der Waals surface area contributed by atoms with E-state index in [2.05, 4.69) is 29.2 Å². The van der Waals surface area contributed by atoms with Gasteiger partial charge in [-0.15, -0.1) is 0 Å². The number of nitrogens with one attached hydrogen (secondary N) is 1. The van der Waals surface area contributed by atoms with Crippen molar-refractivity contribution in [3.05, 3.63) is 94.1 Å². The highest BCUT2D eigenvalue weighted by atomic mass is 35.5. The second-order valence-corrected chi connectivity index (χ2v) is 8.34. The van der Waals surface area contributed by atoms with Gasteiger partial charge in [0.1, 0.15) is 11.8 Å². The molecule has 2 heterocycles. The molecule has 6 heteroatoms. The minimum atomic E-state index is -0.392. The van der Waals surface area contributed by atoms with Gasteiger partial charge in [-0.1, -0.05) is 41.4 Å². The molecule has 0 spiro atoms. The maximum absolute atomic E-state index is 13.2. The van der Waals surface area contributed by atoms with Gasteiger partial charge in [0.15, 0.2) is 0 Å². The third-order valence-corrected chi connectivity index (χ3v) is 6.05. The van der Waals surface area contributed by atoms with E-state index in [1.54, 1.807) is 29.2 Å². The molecule has 4 aromatic rings. The zero-order valence-electron chi connectivity index (χ0n) is 17.1. The maximum Gasteiger partial charge on any atom is 0.416 e. The van der Waals surface area contributed by atoms with Crippen LogP contribution in [0.3, 0.4) is 0 Å². The highest BCUT2D eigenvalue weighted by Gasteiger charge is 2.35. The zero-order chi connectivity index (χ0) is 21.5. The van der Waals surface area contributed by atoms with E-state index in [1.807, 2.05) is 25.1 Å². The molecule has 1 aliphatic heterocycles. The molecule has 0 saturated heterocycles. The number of nitrogens with two attached hydrogens (primary N) is 1. The SMILES string of the molecule is Cc1ccc(C2c3[nH]c4ccc(N)cc4c3CCN2C(=O)Oc2ccc(Cl)cc2)cc1. The Bertz CT molecular complexity index is 1260. The number of nitrogens with zero attached hydrogens (tertiary/aromatic N) is 1. The molecule has 1 aliphatic rings. The van der Waals surface area contributed by atoms with Crippen LogP contribution in [0, 0.1) is 6.92 Å². The number of ether oxygens (including phenoxy) is 1. The molecule has 0 radical (unpaired) electrons. The number of halogens is 1. The molecule has 3 N–H and O–H groups in total. The number of carbonyl (C=O) groups is 1. The topological polar surface area (TPSA) is 71.4 Å². The Morgan fingerprint density at radius 1 is 1.10 bits per heavy atom. The van der Waals surface area contributed by atoms with E-state index in [-0.39, 0.29) is 6.04 Å². The van der Waals surface area contributed by atoms with E-state index in [0.29, 0.717) is 17.3 Å². The van der Waals surface area contributed by atoms with Crippen molar-refractivity contribution in [3.63, 3.8) is 0 Å². The summed E-state index contributed by atoms with van der Waals surface area (Å²) in [4.78, 5) is 18.5. The van der Waals surface area contributed by atoms with Crippen LogP contribution in [-0.2, 0) is 6.42 Å². The summed E-state index contributed by atoms with van der Waals surface area (Å²) in [7, 11) is 0. The Labute approximate surface area is 185 Å². The predicted molar refractivity (Wildman–Crippen MR) is 124 cm³/mol. The van der Waals surface area contributed by atoms with Crippen LogP contribution >= 0.6 is 11.6 Å². The molecular weight excluding hydrogens is 410 g/mol. The van der Waals surface area contributed by atoms with Gasteiger partial charge in [0.25, 0.3) is 0 Å². The lowest BCUT2D eigenvalue weighted by Gasteiger charge is -2.35. The highest BCUT2D eigenvalue weighted by Crippen LogP contribution is 2.39. The smallest absolute Gasteiger partial charge is 0.410 e. The number of anilines is 1. The Balaban J connectivity index is 1.58. The van der Waals surface area contributed by atoms with Crippen LogP contribution in [0.25, 0.3) is 10.9 Å². The van der Waals surface area contributed by atoms with Crippen LogP contribution in [0.2, 0.25) is 5.02 Å². The van der Waals surface area contributed by atoms with Crippen LogP contribution in [0.4, 0.5) is 10.5 Å². The molecule has 0 saturated carbocycles. The summed E-state index contributed by atoms with van der Waals surface area (Å²) in [5, 5.41) is 1.70. The van der Waals surface area contributed by atoms with Gasteiger partial charge in [0, 0.05) is 33.9 Å². The van der Waals surface area contributed by atoms with Gasteiger partial charge < -0.3 is 15.5 Å². The summed E-state index contributed by atoms with van der Waals surface area (Å²) < 4.78 is 5.69. The zero-order valence-corrected chi connectivity index (χ0v) is 17.8. The van der Waals surface area contributed by atoms with Crippen molar-refractivity contribution in [1.29, 1.82) is 0 Å². The summed E-state index contributed by atoms with van der Waals surface area (Å²) >= 11 is 5.95. The third kappa shape index (κ3) is 3.62. The third-order valence-electron chi connectivity index (χ3n) is 5.80. The summed E-state index contributed by atoms with van der Waals surface area (Å²) in [6.07, 6.45) is 0.327. The molecular formula is C25H22ClN3O2. The Hall–Kier alpha value is -3.44. The van der Waals surface area contributed by atoms with Gasteiger partial charge in [-0.2, -0.15) is 0 Å². The van der Waals surface area contributed by atoms with Crippen LogP contribution in [0.15, 0.2) is 66.7 Å². The molecule has 1 atom stereocenters. The lowest BCUT2D eigenvalue weighted by Crippen LogP contribution is -2.42. The van der Waals surface area contributed by atoms with Crippen molar-refractivity contribution in [3.8, 4) is 5.75 Å². The first-order valence-electron chi connectivity index (χ1n) is 10.2. The molecule has 156 valence electrons. The molecule has 5 nitrogen and oxygen atoms in total. The predicted octanol–water partition coefficient (Wildman–Crippen LogP) is 5.86. The van der Waals surface area contributed by atoms with Crippen molar-refractivity contribution in [2.24, 2.45) is 0 Å². The first-order valence-corrected chi connectivity index (χ1v) is 10.6. The number of amides is 1. The molecule has 0 fully saturated rings. The van der Waals surface area contributed by atoms with Gasteiger partial charge >= 0.3 is 6.09 Å². The van der Waals surface area contributed by atoms with Gasteiger partial charge in [-0.3, -0.25) is 4.90 Å². The number of aryl methyl sites for hydroxylation is 1. The van der Waals surface area contributed by atoms with Crippen molar-refractivity contribution in [2.75, 3.05) is 12.3 Å². The van der Waals surface area contributed by atoms with Crippen LogP contribution in [0.5, 0.6) is 5.75 Å². The average Bonchev–Trinajstić information content (AvgIpc) is 3.13. The average molecular weight is 432 g/mol. The van der Waals surface area contributed by atoms with E-state index in [9.17, 15) is 4.79 Å². The van der Waals surface area contributed by atoms with E-state index in [1.165, 1.54) is 11.1 Å². The number of H-pyrrole nitrogens is 1. The number of carbonyl (C=O) groups excluding carboxylic acids is 1. The first kappa shape index (κ1) is 19.5. The number of nitrogen functional groups attached to an aromatic ring is 1. The number of aromatic nitrogens is 1. The monoisotopic (exact) mass is 431 g/mol. The minimum Gasteiger partial charge on any atom is -0.410 e. The van der Waals surface area contributed by atoms with Crippen molar-refractivity contribution in [2.45, 2.75) is 19.4 Å². The molecule has 0 bridgehead atoms. The number of fused-ring (bicyclic) bond motifs is 3. The minimum absolute atomic E-state index is 0.280. The summed E-state index contributed by atoms with van der Waals surface area (Å²) in [5.74, 6) is 0.465. The summed E-state index contributed by atoms with van der Waals surface area (Å²) in [6, 6.07) is 20.7. The normalized spacial score (nSPS) is 15.7. The number of hydrogen-bond donors (Lipinski definition) is 2. The van der Waals surface area contributed by atoms with Gasteiger partial charge in [-0.05, 0) is 66.9 Å². The molecule has 31 heavy (non-hydrogen) atoms. The number of aromatic amines is 1. The standard InChI is InChI=1S/C25H22ClN3O2/c1-15-2-4-16(5-3-15)24-23-20(21-14-18(27)8-11-22(21)28-23)12-13-29(24)25(30)31-19-9-6-17(26)7-10-19/h2-11,14,24,28H,12-13,27H2,1H3. The number of hydrogen-bond acceptors (Lipinski definition) is 3. The molecule has 1 aromatic heterocycles. The second-order valence-electron chi connectivity index (χ2n) is 7.90. The largest absolute Gasteiger partial charge is 0.416 e. The summed E-state index contributed by atoms with van der Waals surface area (Å²) in [5.41, 5.74) is 12.2. The van der Waals surface area contributed by atoms with Crippen LogP contribution < -0.4 is 10.5 Å². The van der Waals surface area contributed by atoms with Gasteiger partial charge in [-0.25, -0.2) is 4.79 Å². The van der Waals surface area contributed by atoms with Crippen LogP contribution in [-0.4, -0.2) is 22.5 Å². The lowest BCUT2D eigenvalue weighted by molar-refractivity contribution is 0.135. The molecule has 1 amide bonds. The van der Waals surface area contributed by atoms with E-state index < -0.39 is 6.09 Å². The Morgan fingerprint density at radius 3 is 2.58 bits per heavy atom. The highest BCUT2D eigenvalue weighted by molar-refractivity contribution is 6.30. The number of rotatable bonds is 2. The van der Waals surface area contributed by atoms with E-state index in [4.69, 9.17) is 22.1 Å². The van der Waals surface area contributed by atoms with E-state index >= 15 is 0 Å². The maximum atomic E-state index is 13.2. The van der Waals surface area contributed by atoms with Crippen molar-refractivity contribution < 1.29 is 9.53 Å². The quantitative estimate of drug-likeness (QED) is 0.390. The van der Waals surface area contributed by atoms with Crippen molar-refractivity contribution in [1.82, 2.24) is 9.88 Å². The Morgan fingerprint density at radius 2 is 1.84 bits per heavy atom. The molecule has 1 unspecified atom stereocenters.